The Balaban J connectivity index is 1.92. The number of rotatable bonds is 4. The van der Waals surface area contributed by atoms with Gasteiger partial charge in [-0.25, -0.2) is 4.98 Å². The molecule has 3 N–H and O–H groups in total. The zero-order valence-electron chi connectivity index (χ0n) is 12.5. The van der Waals surface area contributed by atoms with Gasteiger partial charge < -0.3 is 15.6 Å². The lowest BCUT2D eigenvalue weighted by atomic mass is 10.1. The number of nitrogens with one attached hydrogen (secondary N) is 3. The zero-order chi connectivity index (χ0) is 14.8. The molecule has 108 valence electrons. The number of aromatic nitrogens is 2. The van der Waals surface area contributed by atoms with Crippen molar-refractivity contribution in [2.45, 2.75) is 39.7 Å². The fourth-order valence-corrected chi connectivity index (χ4v) is 1.99. The van der Waals surface area contributed by atoms with E-state index in [1.54, 1.807) is 0 Å². The Hall–Kier alpha value is -1.88. The fourth-order valence-electron chi connectivity index (χ4n) is 1.99. The molecule has 0 unspecified atom stereocenters. The molecule has 0 aliphatic rings. The van der Waals surface area contributed by atoms with Crippen LogP contribution in [0.3, 0.4) is 0 Å². The number of nitrogens with zero attached hydrogens (tertiary/aromatic N) is 1. The van der Waals surface area contributed by atoms with Crippen molar-refractivity contribution < 1.29 is 4.79 Å². The molecule has 0 bridgehead atoms. The van der Waals surface area contributed by atoms with Crippen LogP contribution >= 0.6 is 0 Å². The van der Waals surface area contributed by atoms with Crippen molar-refractivity contribution in [2.24, 2.45) is 0 Å². The van der Waals surface area contributed by atoms with Crippen molar-refractivity contribution in [3.05, 3.63) is 24.0 Å². The van der Waals surface area contributed by atoms with Gasteiger partial charge in [0.25, 0.3) is 0 Å². The Morgan fingerprint density at radius 3 is 2.80 bits per heavy atom. The van der Waals surface area contributed by atoms with Crippen molar-refractivity contribution >= 4 is 22.6 Å². The van der Waals surface area contributed by atoms with Crippen LogP contribution in [-0.4, -0.2) is 28.0 Å². The SMILES string of the molecule is Cc1nc2ccc(NC(=O)CCNC(C)(C)C)cc2[nH]1. The number of H-pyrrole nitrogens is 1. The minimum absolute atomic E-state index is 0.0114. The molecule has 1 aromatic heterocycles. The minimum Gasteiger partial charge on any atom is -0.342 e. The first-order valence-electron chi connectivity index (χ1n) is 6.85. The van der Waals surface area contributed by atoms with Gasteiger partial charge in [-0.1, -0.05) is 0 Å². The van der Waals surface area contributed by atoms with E-state index >= 15 is 0 Å². The number of carbonyl (C=O) groups is 1. The highest BCUT2D eigenvalue weighted by molar-refractivity contribution is 5.93. The summed E-state index contributed by atoms with van der Waals surface area (Å²) in [6, 6.07) is 5.68. The van der Waals surface area contributed by atoms with Crippen LogP contribution in [0.5, 0.6) is 0 Å². The van der Waals surface area contributed by atoms with Gasteiger partial charge in [-0.15, -0.1) is 0 Å². The van der Waals surface area contributed by atoms with E-state index < -0.39 is 0 Å². The smallest absolute Gasteiger partial charge is 0.225 e. The number of fused-ring (bicyclic) bond motifs is 1. The van der Waals surface area contributed by atoms with Gasteiger partial charge in [0, 0.05) is 24.2 Å². The van der Waals surface area contributed by atoms with Crippen molar-refractivity contribution in [3.63, 3.8) is 0 Å². The third-order valence-corrected chi connectivity index (χ3v) is 2.89. The molecule has 0 aliphatic carbocycles. The van der Waals surface area contributed by atoms with E-state index in [-0.39, 0.29) is 11.4 Å². The highest BCUT2D eigenvalue weighted by Crippen LogP contribution is 2.17. The summed E-state index contributed by atoms with van der Waals surface area (Å²) in [5, 5.41) is 6.20. The summed E-state index contributed by atoms with van der Waals surface area (Å²) in [4.78, 5) is 19.4. The van der Waals surface area contributed by atoms with Gasteiger partial charge in [-0.2, -0.15) is 0 Å². The molecule has 5 nitrogen and oxygen atoms in total. The van der Waals surface area contributed by atoms with Crippen molar-refractivity contribution in [1.29, 1.82) is 0 Å². The van der Waals surface area contributed by atoms with Crippen LogP contribution < -0.4 is 10.6 Å². The van der Waals surface area contributed by atoms with Crippen molar-refractivity contribution in [2.75, 3.05) is 11.9 Å². The molecular weight excluding hydrogens is 252 g/mol. The summed E-state index contributed by atoms with van der Waals surface area (Å²) < 4.78 is 0. The maximum absolute atomic E-state index is 11.9. The minimum atomic E-state index is 0.0114. The summed E-state index contributed by atoms with van der Waals surface area (Å²) in [6.07, 6.45) is 0.456. The summed E-state index contributed by atoms with van der Waals surface area (Å²) in [5.41, 5.74) is 2.68. The van der Waals surface area contributed by atoms with Crippen molar-refractivity contribution in [3.8, 4) is 0 Å². The van der Waals surface area contributed by atoms with Gasteiger partial charge in [-0.3, -0.25) is 4.79 Å². The quantitative estimate of drug-likeness (QED) is 0.802. The third kappa shape index (κ3) is 4.06. The van der Waals surface area contributed by atoms with E-state index in [1.807, 2.05) is 25.1 Å². The largest absolute Gasteiger partial charge is 0.342 e. The first kappa shape index (κ1) is 14.5. The highest BCUT2D eigenvalue weighted by Gasteiger charge is 2.10. The van der Waals surface area contributed by atoms with E-state index in [0.29, 0.717) is 13.0 Å². The topological polar surface area (TPSA) is 69.8 Å². The molecule has 0 aliphatic heterocycles. The molecule has 0 saturated heterocycles. The molecule has 2 rings (SSSR count). The van der Waals surface area contributed by atoms with E-state index in [9.17, 15) is 4.79 Å². The van der Waals surface area contributed by atoms with Gasteiger partial charge in [-0.05, 0) is 45.9 Å². The molecule has 20 heavy (non-hydrogen) atoms. The number of hydrogen-bond acceptors (Lipinski definition) is 3. The molecule has 0 radical (unpaired) electrons. The van der Waals surface area contributed by atoms with E-state index in [4.69, 9.17) is 0 Å². The van der Waals surface area contributed by atoms with Gasteiger partial charge in [0.1, 0.15) is 5.82 Å². The summed E-state index contributed by atoms with van der Waals surface area (Å²) >= 11 is 0. The van der Waals surface area contributed by atoms with E-state index in [1.165, 1.54) is 0 Å². The lowest BCUT2D eigenvalue weighted by Gasteiger charge is -2.20. The molecule has 0 saturated carbocycles. The van der Waals surface area contributed by atoms with Crippen LogP contribution in [0.4, 0.5) is 5.69 Å². The molecule has 1 heterocycles. The second-order valence-electron chi connectivity index (χ2n) is 6.03. The average molecular weight is 274 g/mol. The maximum Gasteiger partial charge on any atom is 0.225 e. The molecule has 2 aromatic rings. The van der Waals surface area contributed by atoms with Crippen LogP contribution in [0.25, 0.3) is 11.0 Å². The monoisotopic (exact) mass is 274 g/mol. The Kier molecular flexibility index (Phi) is 4.09. The molecule has 0 spiro atoms. The van der Waals surface area contributed by atoms with Gasteiger partial charge >= 0.3 is 0 Å². The number of carbonyl (C=O) groups excluding carboxylic acids is 1. The zero-order valence-corrected chi connectivity index (χ0v) is 12.5. The number of aryl methyl sites for hydroxylation is 1. The Morgan fingerprint density at radius 1 is 1.35 bits per heavy atom. The standard InChI is InChI=1S/C15H22N4O/c1-10-17-12-6-5-11(9-13(12)18-10)19-14(20)7-8-16-15(2,3)4/h5-6,9,16H,7-8H2,1-4H3,(H,17,18)(H,19,20). The van der Waals surface area contributed by atoms with Gasteiger partial charge in [0.15, 0.2) is 0 Å². The van der Waals surface area contributed by atoms with Crippen LogP contribution in [0.1, 0.15) is 33.0 Å². The van der Waals surface area contributed by atoms with Gasteiger partial charge in [0.05, 0.1) is 11.0 Å². The normalized spacial score (nSPS) is 11.8. The molecule has 0 atom stereocenters. The van der Waals surface area contributed by atoms with Crippen LogP contribution in [-0.2, 0) is 4.79 Å². The molecule has 1 amide bonds. The third-order valence-electron chi connectivity index (χ3n) is 2.89. The predicted octanol–water partition coefficient (Wildman–Crippen LogP) is 2.59. The number of amides is 1. The first-order valence-corrected chi connectivity index (χ1v) is 6.85. The molecule has 1 aromatic carbocycles. The fraction of sp³-hybridized carbons (Fsp3) is 0.467. The van der Waals surface area contributed by atoms with E-state index in [2.05, 4.69) is 41.4 Å². The average Bonchev–Trinajstić information content (AvgIpc) is 2.66. The second kappa shape index (κ2) is 5.63. The van der Waals surface area contributed by atoms with Crippen LogP contribution in [0, 0.1) is 6.92 Å². The number of imidazole rings is 1. The van der Waals surface area contributed by atoms with Crippen LogP contribution in [0.2, 0.25) is 0 Å². The van der Waals surface area contributed by atoms with Gasteiger partial charge in [0.2, 0.25) is 5.91 Å². The summed E-state index contributed by atoms with van der Waals surface area (Å²) in [5.74, 6) is 0.884. The summed E-state index contributed by atoms with van der Waals surface area (Å²) in [6.45, 7) is 8.83. The number of benzene rings is 1. The second-order valence-corrected chi connectivity index (χ2v) is 6.03. The number of hydrogen-bond donors (Lipinski definition) is 3. The Morgan fingerprint density at radius 2 is 2.10 bits per heavy atom. The molecule has 5 heteroatoms. The Bertz CT molecular complexity index is 610. The van der Waals surface area contributed by atoms with E-state index in [0.717, 1.165) is 22.5 Å². The predicted molar refractivity (Wildman–Crippen MR) is 81.8 cm³/mol. The van der Waals surface area contributed by atoms with Crippen LogP contribution in [0.15, 0.2) is 18.2 Å². The highest BCUT2D eigenvalue weighted by atomic mass is 16.1. The number of aromatic amines is 1. The summed E-state index contributed by atoms with van der Waals surface area (Å²) in [7, 11) is 0. The van der Waals surface area contributed by atoms with Crippen molar-refractivity contribution in [1.82, 2.24) is 15.3 Å². The lowest BCUT2D eigenvalue weighted by molar-refractivity contribution is -0.116. The first-order chi connectivity index (χ1) is 9.33. The number of anilines is 1. The maximum atomic E-state index is 11.9. The molecular formula is C15H22N4O. The lowest BCUT2D eigenvalue weighted by Crippen LogP contribution is -2.37. The molecule has 0 fully saturated rings. The Labute approximate surface area is 119 Å².